The first-order valence-corrected chi connectivity index (χ1v) is 4.67. The van der Waals surface area contributed by atoms with E-state index < -0.39 is 5.97 Å². The highest BCUT2D eigenvalue weighted by atomic mass is 35.5. The maximum atomic E-state index is 10.3. The van der Waals surface area contributed by atoms with E-state index in [4.69, 9.17) is 16.7 Å². The van der Waals surface area contributed by atoms with Crippen LogP contribution in [0.15, 0.2) is 18.2 Å². The predicted octanol–water partition coefficient (Wildman–Crippen LogP) is 2.45. The van der Waals surface area contributed by atoms with Crippen LogP contribution in [-0.4, -0.2) is 16.2 Å². The highest BCUT2D eigenvalue weighted by Crippen LogP contribution is 2.27. The number of hydrogen-bond donors (Lipinski definition) is 2. The van der Waals surface area contributed by atoms with E-state index in [0.29, 0.717) is 23.4 Å². The molecule has 0 fully saturated rings. The summed E-state index contributed by atoms with van der Waals surface area (Å²) in [6.07, 6.45) is 1.13. The lowest BCUT2D eigenvalue weighted by Gasteiger charge is -2.04. The maximum Gasteiger partial charge on any atom is 0.303 e. The number of rotatable bonds is 4. The van der Waals surface area contributed by atoms with Crippen LogP contribution in [0.4, 0.5) is 0 Å². The zero-order valence-electron chi connectivity index (χ0n) is 7.53. The number of carboxylic acid groups (broad SMARTS) is 1. The molecule has 0 aliphatic carbocycles. The second kappa shape index (κ2) is 4.86. The summed E-state index contributed by atoms with van der Waals surface area (Å²) < 4.78 is 0. The molecule has 0 amide bonds. The van der Waals surface area contributed by atoms with Crippen molar-refractivity contribution in [2.45, 2.75) is 19.3 Å². The Morgan fingerprint density at radius 2 is 2.14 bits per heavy atom. The number of carbonyl (C=O) groups is 1. The molecule has 1 rings (SSSR count). The number of phenolic OH excluding ortho intramolecular Hbond substituents is 1. The van der Waals surface area contributed by atoms with Crippen molar-refractivity contribution in [3.8, 4) is 5.75 Å². The van der Waals surface area contributed by atoms with Gasteiger partial charge in [-0.15, -0.1) is 0 Å². The van der Waals surface area contributed by atoms with Gasteiger partial charge in [-0.05, 0) is 24.5 Å². The Morgan fingerprint density at radius 3 is 2.79 bits per heavy atom. The predicted molar refractivity (Wildman–Crippen MR) is 53.7 cm³/mol. The first-order chi connectivity index (χ1) is 6.61. The minimum atomic E-state index is -0.827. The van der Waals surface area contributed by atoms with Crippen LogP contribution >= 0.6 is 11.6 Å². The van der Waals surface area contributed by atoms with Crippen molar-refractivity contribution >= 4 is 17.6 Å². The fourth-order valence-corrected chi connectivity index (χ4v) is 1.39. The maximum absolute atomic E-state index is 10.3. The van der Waals surface area contributed by atoms with Crippen molar-refractivity contribution in [2.24, 2.45) is 0 Å². The third kappa shape index (κ3) is 2.92. The topological polar surface area (TPSA) is 57.5 Å². The molecule has 0 aromatic heterocycles. The first-order valence-electron chi connectivity index (χ1n) is 4.29. The smallest absolute Gasteiger partial charge is 0.303 e. The Kier molecular flexibility index (Phi) is 3.77. The Labute approximate surface area is 86.9 Å². The molecular formula is C10H11ClO3. The SMILES string of the molecule is O=C(O)CCCc1cccc(Cl)c1O. The molecular weight excluding hydrogens is 204 g/mol. The summed E-state index contributed by atoms with van der Waals surface area (Å²) >= 11 is 5.69. The number of benzene rings is 1. The molecule has 0 bridgehead atoms. The summed E-state index contributed by atoms with van der Waals surface area (Å²) in [5.41, 5.74) is 0.693. The van der Waals surface area contributed by atoms with Crippen molar-refractivity contribution in [3.05, 3.63) is 28.8 Å². The second-order valence-corrected chi connectivity index (χ2v) is 3.40. The summed E-state index contributed by atoms with van der Waals surface area (Å²) in [5, 5.41) is 18.2. The minimum absolute atomic E-state index is 0.0551. The molecule has 1 aromatic carbocycles. The van der Waals surface area contributed by atoms with E-state index in [-0.39, 0.29) is 12.2 Å². The van der Waals surface area contributed by atoms with Gasteiger partial charge in [-0.25, -0.2) is 0 Å². The molecule has 1 aromatic rings. The summed E-state index contributed by atoms with van der Waals surface area (Å²) in [6, 6.07) is 5.07. The van der Waals surface area contributed by atoms with Gasteiger partial charge in [0.15, 0.2) is 0 Å². The van der Waals surface area contributed by atoms with Gasteiger partial charge in [0, 0.05) is 6.42 Å². The molecule has 0 spiro atoms. The molecule has 0 saturated carbocycles. The molecule has 2 N–H and O–H groups in total. The summed E-state index contributed by atoms with van der Waals surface area (Å²) in [4.78, 5) is 10.3. The van der Waals surface area contributed by atoms with E-state index in [9.17, 15) is 9.90 Å². The largest absolute Gasteiger partial charge is 0.506 e. The Morgan fingerprint density at radius 1 is 1.43 bits per heavy atom. The van der Waals surface area contributed by atoms with Gasteiger partial charge in [-0.1, -0.05) is 23.7 Å². The van der Waals surface area contributed by atoms with Crippen molar-refractivity contribution in [3.63, 3.8) is 0 Å². The molecule has 3 nitrogen and oxygen atoms in total. The number of carboxylic acids is 1. The van der Waals surface area contributed by atoms with Crippen molar-refractivity contribution < 1.29 is 15.0 Å². The number of aryl methyl sites for hydroxylation is 1. The molecule has 0 atom stereocenters. The van der Waals surface area contributed by atoms with E-state index >= 15 is 0 Å². The van der Waals surface area contributed by atoms with E-state index in [2.05, 4.69) is 0 Å². The van der Waals surface area contributed by atoms with Crippen LogP contribution in [0.5, 0.6) is 5.75 Å². The first kappa shape index (κ1) is 10.9. The molecule has 0 heterocycles. The lowest BCUT2D eigenvalue weighted by molar-refractivity contribution is -0.137. The van der Waals surface area contributed by atoms with E-state index in [1.54, 1.807) is 18.2 Å². The van der Waals surface area contributed by atoms with Gasteiger partial charge in [-0.3, -0.25) is 4.79 Å². The Hall–Kier alpha value is -1.22. The summed E-state index contributed by atoms with van der Waals surface area (Å²) in [6.45, 7) is 0. The van der Waals surface area contributed by atoms with Crippen LogP contribution in [0.3, 0.4) is 0 Å². The molecule has 4 heteroatoms. The highest BCUT2D eigenvalue weighted by Gasteiger charge is 2.05. The second-order valence-electron chi connectivity index (χ2n) is 2.99. The van der Waals surface area contributed by atoms with Crippen LogP contribution in [0, 0.1) is 0 Å². The molecule has 14 heavy (non-hydrogen) atoms. The van der Waals surface area contributed by atoms with Crippen LogP contribution < -0.4 is 0 Å². The van der Waals surface area contributed by atoms with Crippen LogP contribution in [0.1, 0.15) is 18.4 Å². The van der Waals surface area contributed by atoms with Crippen molar-refractivity contribution in [2.75, 3.05) is 0 Å². The average molecular weight is 215 g/mol. The normalized spacial score (nSPS) is 10.1. The van der Waals surface area contributed by atoms with Gasteiger partial charge in [0.05, 0.1) is 5.02 Å². The van der Waals surface area contributed by atoms with Crippen molar-refractivity contribution in [1.82, 2.24) is 0 Å². The van der Waals surface area contributed by atoms with Crippen LogP contribution in [0.2, 0.25) is 5.02 Å². The van der Waals surface area contributed by atoms with Crippen molar-refractivity contribution in [1.29, 1.82) is 0 Å². The average Bonchev–Trinajstić information content (AvgIpc) is 2.12. The molecule has 0 radical (unpaired) electrons. The summed E-state index contributed by atoms with van der Waals surface area (Å²) in [5.74, 6) is -0.772. The van der Waals surface area contributed by atoms with Crippen LogP contribution in [0.25, 0.3) is 0 Å². The van der Waals surface area contributed by atoms with Gasteiger partial charge < -0.3 is 10.2 Å². The highest BCUT2D eigenvalue weighted by molar-refractivity contribution is 6.32. The number of aliphatic carboxylic acids is 1. The van der Waals surface area contributed by atoms with E-state index in [1.807, 2.05) is 0 Å². The third-order valence-corrected chi connectivity index (χ3v) is 2.21. The molecule has 0 saturated heterocycles. The number of aromatic hydroxyl groups is 1. The van der Waals surface area contributed by atoms with Gasteiger partial charge in [0.1, 0.15) is 5.75 Å². The van der Waals surface area contributed by atoms with Crippen LogP contribution in [-0.2, 0) is 11.2 Å². The molecule has 0 aliphatic heterocycles. The fourth-order valence-electron chi connectivity index (χ4n) is 1.19. The number of hydrogen-bond acceptors (Lipinski definition) is 2. The standard InChI is InChI=1S/C10H11ClO3/c11-8-5-1-3-7(10(8)14)4-2-6-9(12)13/h1,3,5,14H,2,4,6H2,(H,12,13). The van der Waals surface area contributed by atoms with Gasteiger partial charge in [0.2, 0.25) is 0 Å². The van der Waals surface area contributed by atoms with Gasteiger partial charge in [-0.2, -0.15) is 0 Å². The van der Waals surface area contributed by atoms with Gasteiger partial charge >= 0.3 is 5.97 Å². The summed E-state index contributed by atoms with van der Waals surface area (Å²) in [7, 11) is 0. The minimum Gasteiger partial charge on any atom is -0.506 e. The molecule has 0 unspecified atom stereocenters. The Balaban J connectivity index is 2.59. The van der Waals surface area contributed by atoms with E-state index in [1.165, 1.54) is 0 Å². The van der Waals surface area contributed by atoms with E-state index in [0.717, 1.165) is 0 Å². The Bertz CT molecular complexity index is 336. The number of para-hydroxylation sites is 1. The zero-order chi connectivity index (χ0) is 10.6. The quantitative estimate of drug-likeness (QED) is 0.810. The number of halogens is 1. The molecule has 76 valence electrons. The molecule has 0 aliphatic rings. The fraction of sp³-hybridized carbons (Fsp3) is 0.300. The third-order valence-electron chi connectivity index (χ3n) is 1.91. The zero-order valence-corrected chi connectivity index (χ0v) is 8.29. The monoisotopic (exact) mass is 214 g/mol. The lowest BCUT2D eigenvalue weighted by atomic mass is 10.1. The number of phenols is 1. The lowest BCUT2D eigenvalue weighted by Crippen LogP contribution is -1.96. The van der Waals surface area contributed by atoms with Gasteiger partial charge in [0.25, 0.3) is 0 Å².